The third kappa shape index (κ3) is 4.71. The van der Waals surface area contributed by atoms with Crippen LogP contribution >= 0.6 is 0 Å². The van der Waals surface area contributed by atoms with Crippen LogP contribution in [0.25, 0.3) is 0 Å². The van der Waals surface area contributed by atoms with Crippen LogP contribution in [0.4, 0.5) is 0 Å². The molecule has 1 heterocycles. The number of methoxy groups -OCH3 is 1. The van der Waals surface area contributed by atoms with E-state index in [1.54, 1.807) is 6.92 Å². The summed E-state index contributed by atoms with van der Waals surface area (Å²) in [5, 5.41) is 48.3. The van der Waals surface area contributed by atoms with Gasteiger partial charge in [0.25, 0.3) is 0 Å². The fourth-order valence-corrected chi connectivity index (χ4v) is 6.22. The van der Waals surface area contributed by atoms with Crippen molar-refractivity contribution in [1.29, 1.82) is 0 Å². The number of carbonyl (C=O) groups excluding carboxylic acids is 3. The Kier molecular flexibility index (Phi) is 7.46. The van der Waals surface area contributed by atoms with Crippen molar-refractivity contribution < 1.29 is 49.0 Å². The molecule has 2 aromatic rings. The summed E-state index contributed by atoms with van der Waals surface area (Å²) in [4.78, 5) is 39.9. The lowest BCUT2D eigenvalue weighted by Crippen LogP contribution is -2.55. The molecule has 41 heavy (non-hydrogen) atoms. The number of hydrogen-bond acceptors (Lipinski definition) is 11. The van der Waals surface area contributed by atoms with E-state index in [0.717, 1.165) is 0 Å². The average molecular weight is 570 g/mol. The molecule has 3 aliphatic rings. The summed E-state index contributed by atoms with van der Waals surface area (Å²) in [7, 11) is 1.35. The number of phenolic OH excluding ortho intramolecular Hbond substituents is 2. The second kappa shape index (κ2) is 10.5. The van der Waals surface area contributed by atoms with Crippen LogP contribution in [0.15, 0.2) is 18.2 Å². The van der Waals surface area contributed by atoms with E-state index < -0.39 is 82.6 Å². The minimum atomic E-state index is -1.99. The monoisotopic (exact) mass is 569 g/mol. The maximum absolute atomic E-state index is 13.7. The summed E-state index contributed by atoms with van der Waals surface area (Å²) in [5.74, 6) is -3.09. The van der Waals surface area contributed by atoms with E-state index in [4.69, 9.17) is 14.2 Å². The number of aliphatic hydroxyl groups excluding tert-OH is 1. The predicted molar refractivity (Wildman–Crippen MR) is 144 cm³/mol. The first kappa shape index (κ1) is 29.2. The molecular weight excluding hydrogens is 534 g/mol. The van der Waals surface area contributed by atoms with Crippen LogP contribution < -0.4 is 10.1 Å². The smallest absolute Gasteiger partial charge is 0.202 e. The van der Waals surface area contributed by atoms with Gasteiger partial charge in [0.05, 0.1) is 42.1 Å². The normalized spacial score (nSPS) is 29.1. The zero-order chi connectivity index (χ0) is 30.0. The maximum atomic E-state index is 13.7. The highest BCUT2D eigenvalue weighted by Crippen LogP contribution is 2.52. The number of aliphatic hydroxyl groups is 2. The molecule has 0 aromatic heterocycles. The fraction of sp³-hybridized carbons (Fsp3) is 0.500. The number of ketones is 3. The second-order valence-electron chi connectivity index (χ2n) is 11.4. The quantitative estimate of drug-likeness (QED) is 0.275. The summed E-state index contributed by atoms with van der Waals surface area (Å²) >= 11 is 0. The van der Waals surface area contributed by atoms with Crippen LogP contribution in [-0.4, -0.2) is 81.1 Å². The number of rotatable bonds is 6. The zero-order valence-electron chi connectivity index (χ0n) is 23.6. The lowest BCUT2D eigenvalue weighted by molar-refractivity contribution is -0.250. The van der Waals surface area contributed by atoms with E-state index >= 15 is 0 Å². The Morgan fingerprint density at radius 3 is 2.44 bits per heavy atom. The maximum Gasteiger partial charge on any atom is 0.202 e. The van der Waals surface area contributed by atoms with Gasteiger partial charge in [0, 0.05) is 48.0 Å². The van der Waals surface area contributed by atoms with E-state index in [1.165, 1.54) is 32.2 Å². The van der Waals surface area contributed by atoms with E-state index in [-0.39, 0.29) is 46.9 Å². The summed E-state index contributed by atoms with van der Waals surface area (Å²) in [5.41, 5.74) is -2.94. The predicted octanol–water partition coefficient (Wildman–Crippen LogP) is 2.07. The van der Waals surface area contributed by atoms with Crippen molar-refractivity contribution in [2.45, 2.75) is 89.2 Å². The number of hydrogen-bond donors (Lipinski definition) is 5. The summed E-state index contributed by atoms with van der Waals surface area (Å²) in [6, 6.07) is 4.13. The Labute approximate surface area is 237 Å². The van der Waals surface area contributed by atoms with Crippen molar-refractivity contribution in [3.63, 3.8) is 0 Å². The third-order valence-corrected chi connectivity index (χ3v) is 8.30. The van der Waals surface area contributed by atoms with E-state index in [1.807, 2.05) is 13.8 Å². The molecule has 5 rings (SSSR count). The molecule has 11 heteroatoms. The minimum Gasteiger partial charge on any atom is -0.507 e. The Balaban J connectivity index is 1.64. The number of nitrogens with one attached hydrogen (secondary N) is 1. The van der Waals surface area contributed by atoms with Gasteiger partial charge < -0.3 is 40.0 Å². The van der Waals surface area contributed by atoms with Gasteiger partial charge in [-0.05, 0) is 19.9 Å². The molecule has 0 radical (unpaired) electrons. The molecule has 2 aliphatic carbocycles. The van der Waals surface area contributed by atoms with Gasteiger partial charge in [-0.2, -0.15) is 0 Å². The van der Waals surface area contributed by atoms with Gasteiger partial charge in [-0.15, -0.1) is 0 Å². The molecule has 0 spiro atoms. The van der Waals surface area contributed by atoms with E-state index in [9.17, 15) is 34.8 Å². The highest BCUT2D eigenvalue weighted by molar-refractivity contribution is 6.31. The summed E-state index contributed by atoms with van der Waals surface area (Å²) < 4.78 is 17.5. The van der Waals surface area contributed by atoms with Gasteiger partial charge >= 0.3 is 0 Å². The van der Waals surface area contributed by atoms with Crippen LogP contribution in [0, 0.1) is 0 Å². The molecule has 1 fully saturated rings. The second-order valence-corrected chi connectivity index (χ2v) is 11.4. The first-order chi connectivity index (χ1) is 19.3. The number of ether oxygens (including phenoxy) is 3. The molecular formula is C30H35NO10. The van der Waals surface area contributed by atoms with Gasteiger partial charge in [-0.25, -0.2) is 0 Å². The molecule has 5 N–H and O–H groups in total. The van der Waals surface area contributed by atoms with Crippen LogP contribution in [0.2, 0.25) is 0 Å². The Morgan fingerprint density at radius 1 is 1.12 bits per heavy atom. The minimum absolute atomic E-state index is 0.00576. The Hall–Kier alpha value is -3.35. The Bertz CT molecular complexity index is 1440. The fourth-order valence-electron chi connectivity index (χ4n) is 6.22. The summed E-state index contributed by atoms with van der Waals surface area (Å²) in [6.07, 6.45) is -4.11. The van der Waals surface area contributed by atoms with Gasteiger partial charge in [-0.3, -0.25) is 14.4 Å². The topological polar surface area (TPSA) is 172 Å². The molecule has 6 atom stereocenters. The van der Waals surface area contributed by atoms with Crippen molar-refractivity contribution in [2.24, 2.45) is 0 Å². The summed E-state index contributed by atoms with van der Waals surface area (Å²) in [6.45, 7) is 6.75. The molecule has 3 unspecified atom stereocenters. The first-order valence-corrected chi connectivity index (χ1v) is 13.6. The van der Waals surface area contributed by atoms with E-state index in [2.05, 4.69) is 5.32 Å². The first-order valence-electron chi connectivity index (χ1n) is 13.6. The highest BCUT2D eigenvalue weighted by Gasteiger charge is 2.49. The molecule has 0 bridgehead atoms. The molecule has 1 aliphatic heterocycles. The molecule has 0 amide bonds. The molecule has 1 saturated heterocycles. The number of benzene rings is 2. The van der Waals surface area contributed by atoms with Crippen molar-refractivity contribution in [1.82, 2.24) is 5.32 Å². The van der Waals surface area contributed by atoms with Crippen molar-refractivity contribution in [3.8, 4) is 17.2 Å². The van der Waals surface area contributed by atoms with Crippen molar-refractivity contribution >= 4 is 17.3 Å². The largest absolute Gasteiger partial charge is 0.507 e. The molecule has 0 saturated carbocycles. The van der Waals surface area contributed by atoms with Crippen molar-refractivity contribution in [2.75, 3.05) is 7.11 Å². The van der Waals surface area contributed by atoms with E-state index in [0.29, 0.717) is 0 Å². The molecule has 2 aromatic carbocycles. The standard InChI is InChI=1S/C30H35NO10/c1-12(2)31-17-9-20(40-13(3)25(17)33)41-19-11-30(38,14(4)32)10-16-22(19)29(37)24-23(27(16)35)26(34)15-7-6-8-18(39-5)21(15)28(24)36/h6-8,12-13,17,19-20,25,31,33,35,37-38H,9-11H2,1-5H3/t13?,17?,19?,20-,25+,30-/m0/s1. The van der Waals surface area contributed by atoms with Crippen molar-refractivity contribution in [3.05, 3.63) is 51.6 Å². The SMILES string of the molecule is COc1cccc2c1C(=O)c1c(O)c3c(c(O)c1C2=O)C[C@@](O)(C(C)=O)CC3O[C@H]1CC(NC(C)C)[C@H](O)C(C)O1. The highest BCUT2D eigenvalue weighted by atomic mass is 16.7. The third-order valence-electron chi connectivity index (χ3n) is 8.30. The number of fused-ring (bicyclic) bond motifs is 3. The number of Topliss-reactive ketones (excluding diaryl/α,β-unsaturated/α-hetero) is 1. The number of carbonyl (C=O) groups is 3. The molecule has 220 valence electrons. The lowest BCUT2D eigenvalue weighted by Gasteiger charge is -2.43. The molecule has 11 nitrogen and oxygen atoms in total. The van der Waals surface area contributed by atoms with Gasteiger partial charge in [0.1, 0.15) is 22.8 Å². The number of aromatic hydroxyl groups is 2. The van der Waals surface area contributed by atoms with Crippen LogP contribution in [0.5, 0.6) is 17.2 Å². The average Bonchev–Trinajstić information content (AvgIpc) is 2.91. The lowest BCUT2D eigenvalue weighted by atomic mass is 9.72. The van der Waals surface area contributed by atoms with Crippen LogP contribution in [-0.2, 0) is 20.7 Å². The van der Waals surface area contributed by atoms with Gasteiger partial charge in [0.15, 0.2) is 17.9 Å². The van der Waals surface area contributed by atoms with Gasteiger partial charge in [0.2, 0.25) is 5.78 Å². The van der Waals surface area contributed by atoms with Gasteiger partial charge in [-0.1, -0.05) is 26.0 Å². The zero-order valence-corrected chi connectivity index (χ0v) is 23.6. The number of phenols is 2. The Morgan fingerprint density at radius 2 is 1.80 bits per heavy atom. The van der Waals surface area contributed by atoms with Crippen LogP contribution in [0.1, 0.15) is 89.6 Å². The van der Waals surface area contributed by atoms with Crippen LogP contribution in [0.3, 0.4) is 0 Å².